The molecule has 0 bridgehead atoms. The van der Waals surface area contributed by atoms with Crippen molar-refractivity contribution in [2.75, 3.05) is 7.11 Å². The van der Waals surface area contributed by atoms with Crippen LogP contribution in [0.25, 0.3) is 11.1 Å². The van der Waals surface area contributed by atoms with Crippen LogP contribution in [0.1, 0.15) is 16.8 Å². The van der Waals surface area contributed by atoms with Crippen LogP contribution in [-0.4, -0.2) is 22.3 Å². The number of methoxy groups -OCH3 is 1. The van der Waals surface area contributed by atoms with Crippen LogP contribution in [0.15, 0.2) is 64.2 Å². The zero-order valence-electron chi connectivity index (χ0n) is 21.0. The van der Waals surface area contributed by atoms with Crippen molar-refractivity contribution in [3.63, 3.8) is 0 Å². The second-order valence-electron chi connectivity index (χ2n) is 9.01. The van der Waals surface area contributed by atoms with Crippen LogP contribution in [0.2, 0.25) is 0 Å². The molecular weight excluding hydrogens is 521 g/mol. The third-order valence-electron chi connectivity index (χ3n) is 6.36. The summed E-state index contributed by atoms with van der Waals surface area (Å²) in [4.78, 5) is 27.1. The highest BCUT2D eigenvalue weighted by atomic mass is 19.1. The predicted molar refractivity (Wildman–Crippen MR) is 135 cm³/mol. The molecule has 4 rings (SSSR count). The maximum Gasteiger partial charge on any atom is 0.331 e. The Balaban J connectivity index is 1.89. The van der Waals surface area contributed by atoms with Gasteiger partial charge in [0.25, 0.3) is 5.56 Å². The minimum Gasteiger partial charge on any atom is -0.494 e. The van der Waals surface area contributed by atoms with Gasteiger partial charge in [-0.2, -0.15) is 0 Å². The molecule has 1 aromatic heterocycles. The first-order valence-electron chi connectivity index (χ1n) is 11.8. The van der Waals surface area contributed by atoms with Crippen molar-refractivity contribution in [2.45, 2.75) is 32.5 Å². The minimum absolute atomic E-state index is 0.0446. The molecule has 6 nitrogen and oxygen atoms in total. The van der Waals surface area contributed by atoms with Gasteiger partial charge in [0.05, 0.1) is 19.2 Å². The lowest BCUT2D eigenvalue weighted by molar-refractivity contribution is 0.387. The molecule has 0 radical (unpaired) electrons. The van der Waals surface area contributed by atoms with E-state index in [0.717, 1.165) is 39.5 Å². The SMILES string of the molecule is COc1cccc(-c2c(C)n(Cc3c(F)cccc3F)c(=O)n(CC(N)Cc3cc(F)cc(F)c3)c2=O)c1F. The average molecular weight is 546 g/mol. The summed E-state index contributed by atoms with van der Waals surface area (Å²) in [6.45, 7) is 0.316. The van der Waals surface area contributed by atoms with E-state index in [2.05, 4.69) is 0 Å². The lowest BCUT2D eigenvalue weighted by atomic mass is 10.0. The van der Waals surface area contributed by atoms with Crippen LogP contribution >= 0.6 is 0 Å². The zero-order valence-corrected chi connectivity index (χ0v) is 21.0. The summed E-state index contributed by atoms with van der Waals surface area (Å²) >= 11 is 0. The predicted octanol–water partition coefficient (Wildman–Crippen LogP) is 4.31. The van der Waals surface area contributed by atoms with Gasteiger partial charge in [0, 0.05) is 35.5 Å². The Morgan fingerprint density at radius 1 is 0.897 bits per heavy atom. The van der Waals surface area contributed by atoms with Gasteiger partial charge in [-0.1, -0.05) is 18.2 Å². The van der Waals surface area contributed by atoms with E-state index in [-0.39, 0.29) is 34.6 Å². The molecule has 3 aromatic carbocycles. The van der Waals surface area contributed by atoms with E-state index in [0.29, 0.717) is 6.07 Å². The van der Waals surface area contributed by atoms with Gasteiger partial charge < -0.3 is 10.5 Å². The number of aromatic nitrogens is 2. The molecule has 0 amide bonds. The number of halogens is 5. The fourth-order valence-electron chi connectivity index (χ4n) is 4.49. The molecule has 204 valence electrons. The Kier molecular flexibility index (Phi) is 8.01. The van der Waals surface area contributed by atoms with E-state index in [4.69, 9.17) is 10.5 Å². The first kappa shape index (κ1) is 27.8. The van der Waals surface area contributed by atoms with Crippen LogP contribution < -0.4 is 21.7 Å². The van der Waals surface area contributed by atoms with Crippen LogP contribution in [0.5, 0.6) is 5.75 Å². The van der Waals surface area contributed by atoms with E-state index in [1.807, 2.05) is 0 Å². The Morgan fingerprint density at radius 2 is 1.51 bits per heavy atom. The molecule has 4 aromatic rings. The zero-order chi connectivity index (χ0) is 28.4. The molecule has 0 aliphatic heterocycles. The third-order valence-corrected chi connectivity index (χ3v) is 6.36. The van der Waals surface area contributed by atoms with Gasteiger partial charge in [-0.05, 0) is 49.2 Å². The average Bonchev–Trinajstić information content (AvgIpc) is 2.86. The standard InChI is InChI=1S/C28H24F5N3O3/c1-15-25(20-5-3-8-24(39-2)26(20)33)27(37)36(13-19(34)11-16-9-17(29)12-18(30)10-16)28(38)35(15)14-21-22(31)6-4-7-23(21)32/h3-10,12,19H,11,13-14,34H2,1-2H3. The van der Waals surface area contributed by atoms with Gasteiger partial charge in [0.2, 0.25) is 0 Å². The van der Waals surface area contributed by atoms with Crippen LogP contribution in [-0.2, 0) is 19.5 Å². The maximum absolute atomic E-state index is 15.3. The van der Waals surface area contributed by atoms with Crippen molar-refractivity contribution in [1.29, 1.82) is 0 Å². The monoisotopic (exact) mass is 545 g/mol. The van der Waals surface area contributed by atoms with Crippen molar-refractivity contribution in [3.8, 4) is 16.9 Å². The summed E-state index contributed by atoms with van der Waals surface area (Å²) in [5.74, 6) is -4.53. The number of nitrogens with two attached hydrogens (primary N) is 1. The fourth-order valence-corrected chi connectivity index (χ4v) is 4.49. The maximum atomic E-state index is 15.3. The molecule has 1 unspecified atom stereocenters. The van der Waals surface area contributed by atoms with E-state index >= 15 is 4.39 Å². The van der Waals surface area contributed by atoms with Gasteiger partial charge in [-0.15, -0.1) is 0 Å². The largest absolute Gasteiger partial charge is 0.494 e. The quantitative estimate of drug-likeness (QED) is 0.335. The Hall–Kier alpha value is -4.25. The van der Waals surface area contributed by atoms with Gasteiger partial charge >= 0.3 is 5.69 Å². The van der Waals surface area contributed by atoms with Crippen LogP contribution in [0.3, 0.4) is 0 Å². The second kappa shape index (κ2) is 11.2. The number of benzene rings is 3. The summed E-state index contributed by atoms with van der Waals surface area (Å²) < 4.78 is 78.3. The molecule has 0 saturated carbocycles. The first-order chi connectivity index (χ1) is 18.5. The van der Waals surface area contributed by atoms with E-state index < -0.39 is 65.0 Å². The van der Waals surface area contributed by atoms with Crippen molar-refractivity contribution < 1.29 is 26.7 Å². The summed E-state index contributed by atoms with van der Waals surface area (Å²) in [7, 11) is 1.24. The van der Waals surface area contributed by atoms with Gasteiger partial charge in [0.1, 0.15) is 23.3 Å². The molecule has 11 heteroatoms. The van der Waals surface area contributed by atoms with Crippen molar-refractivity contribution in [3.05, 3.63) is 121 Å². The molecule has 0 fully saturated rings. The van der Waals surface area contributed by atoms with Gasteiger partial charge in [0.15, 0.2) is 11.6 Å². The molecule has 39 heavy (non-hydrogen) atoms. The number of nitrogens with zero attached hydrogens (tertiary/aromatic N) is 2. The van der Waals surface area contributed by atoms with Gasteiger partial charge in [-0.25, -0.2) is 26.7 Å². The van der Waals surface area contributed by atoms with Crippen LogP contribution in [0.4, 0.5) is 22.0 Å². The van der Waals surface area contributed by atoms with Crippen molar-refractivity contribution in [1.82, 2.24) is 9.13 Å². The summed E-state index contributed by atoms with van der Waals surface area (Å²) in [5, 5.41) is 0. The first-order valence-corrected chi connectivity index (χ1v) is 11.8. The lowest BCUT2D eigenvalue weighted by Gasteiger charge is -2.20. The topological polar surface area (TPSA) is 79.2 Å². The highest BCUT2D eigenvalue weighted by Gasteiger charge is 2.24. The summed E-state index contributed by atoms with van der Waals surface area (Å²) in [6.07, 6.45) is -0.112. The normalized spacial score (nSPS) is 12.0. The lowest BCUT2D eigenvalue weighted by Crippen LogP contribution is -2.46. The minimum atomic E-state index is -0.985. The molecule has 0 spiro atoms. The molecule has 0 aliphatic carbocycles. The Labute approximate surface area is 219 Å². The van der Waals surface area contributed by atoms with E-state index in [1.54, 1.807) is 0 Å². The highest BCUT2D eigenvalue weighted by Crippen LogP contribution is 2.29. The van der Waals surface area contributed by atoms with Gasteiger partial charge in [-0.3, -0.25) is 13.9 Å². The van der Waals surface area contributed by atoms with Crippen molar-refractivity contribution >= 4 is 0 Å². The molecular formula is C28H24F5N3O3. The van der Waals surface area contributed by atoms with Crippen LogP contribution in [0, 0.1) is 36.0 Å². The van der Waals surface area contributed by atoms with E-state index in [1.165, 1.54) is 32.2 Å². The van der Waals surface area contributed by atoms with Crippen molar-refractivity contribution in [2.24, 2.45) is 5.73 Å². The second-order valence-corrected chi connectivity index (χ2v) is 9.01. The smallest absolute Gasteiger partial charge is 0.331 e. The molecule has 0 saturated heterocycles. The third kappa shape index (κ3) is 5.63. The molecule has 0 aliphatic rings. The van der Waals surface area contributed by atoms with E-state index in [9.17, 15) is 27.2 Å². The summed E-state index contributed by atoms with van der Waals surface area (Å²) in [5.41, 5.74) is 3.56. The number of rotatable bonds is 8. The Bertz CT molecular complexity index is 1630. The molecule has 1 heterocycles. The molecule has 1 atom stereocenters. The molecule has 2 N–H and O–H groups in total. The number of hydrogen-bond acceptors (Lipinski definition) is 4. The summed E-state index contributed by atoms with van der Waals surface area (Å²) in [6, 6.07) is 9.12. The fraction of sp³-hybridized carbons (Fsp3) is 0.214. The Morgan fingerprint density at radius 3 is 2.13 bits per heavy atom. The number of hydrogen-bond donors (Lipinski definition) is 1. The highest BCUT2D eigenvalue weighted by molar-refractivity contribution is 5.67. The number of ether oxygens (including phenoxy) is 1.